The standard InChI is InChI=1S/C15H24ClN3O/c1-11(2)10-19(8-7-18(3)4)15(20)13-9-12(17)5-6-14(13)16/h5-6,9,11H,7-8,10,17H2,1-4H3. The molecule has 0 fully saturated rings. The molecule has 0 aliphatic carbocycles. The Hall–Kier alpha value is -1.26. The molecule has 0 aliphatic rings. The number of halogens is 1. The Morgan fingerprint density at radius 2 is 1.95 bits per heavy atom. The molecular formula is C15H24ClN3O. The summed E-state index contributed by atoms with van der Waals surface area (Å²) in [7, 11) is 3.98. The van der Waals surface area contributed by atoms with Crippen molar-refractivity contribution in [3.63, 3.8) is 0 Å². The Morgan fingerprint density at radius 1 is 1.30 bits per heavy atom. The summed E-state index contributed by atoms with van der Waals surface area (Å²) >= 11 is 6.12. The summed E-state index contributed by atoms with van der Waals surface area (Å²) in [6.07, 6.45) is 0. The molecule has 0 radical (unpaired) electrons. The number of nitrogens with two attached hydrogens (primary N) is 1. The first-order chi connectivity index (χ1) is 9.31. The molecule has 0 aromatic heterocycles. The van der Waals surface area contributed by atoms with E-state index in [2.05, 4.69) is 18.7 Å². The summed E-state index contributed by atoms with van der Waals surface area (Å²) < 4.78 is 0. The highest BCUT2D eigenvalue weighted by molar-refractivity contribution is 6.34. The van der Waals surface area contributed by atoms with Crippen molar-refractivity contribution < 1.29 is 4.79 Å². The highest BCUT2D eigenvalue weighted by Gasteiger charge is 2.19. The van der Waals surface area contributed by atoms with Gasteiger partial charge in [0.15, 0.2) is 0 Å². The van der Waals surface area contributed by atoms with E-state index in [0.29, 0.717) is 35.3 Å². The predicted octanol–water partition coefficient (Wildman–Crippen LogP) is 2.58. The van der Waals surface area contributed by atoms with Crippen LogP contribution in [0.2, 0.25) is 5.02 Å². The quantitative estimate of drug-likeness (QED) is 0.821. The molecule has 0 heterocycles. The SMILES string of the molecule is CC(C)CN(CCN(C)C)C(=O)c1cc(N)ccc1Cl. The van der Waals surface area contributed by atoms with Crippen molar-refractivity contribution in [2.75, 3.05) is 39.5 Å². The smallest absolute Gasteiger partial charge is 0.255 e. The minimum Gasteiger partial charge on any atom is -0.399 e. The molecule has 1 aromatic rings. The van der Waals surface area contributed by atoms with Gasteiger partial charge in [-0.25, -0.2) is 0 Å². The zero-order valence-corrected chi connectivity index (χ0v) is 13.4. The third-order valence-corrected chi connectivity index (χ3v) is 3.24. The molecule has 1 rings (SSSR count). The molecule has 0 aliphatic heterocycles. The first-order valence-electron chi connectivity index (χ1n) is 6.80. The number of nitrogen functional groups attached to an aromatic ring is 1. The van der Waals surface area contributed by atoms with Crippen LogP contribution in [0, 0.1) is 5.92 Å². The van der Waals surface area contributed by atoms with Crippen molar-refractivity contribution in [2.24, 2.45) is 5.92 Å². The average molecular weight is 298 g/mol. The Balaban J connectivity index is 2.93. The number of carbonyl (C=O) groups excluding carboxylic acids is 1. The zero-order chi connectivity index (χ0) is 15.3. The Bertz CT molecular complexity index is 460. The van der Waals surface area contributed by atoms with E-state index in [-0.39, 0.29) is 5.91 Å². The largest absolute Gasteiger partial charge is 0.399 e. The van der Waals surface area contributed by atoms with Gasteiger partial charge in [0.05, 0.1) is 10.6 Å². The highest BCUT2D eigenvalue weighted by atomic mass is 35.5. The van der Waals surface area contributed by atoms with Gasteiger partial charge in [-0.3, -0.25) is 4.79 Å². The lowest BCUT2D eigenvalue weighted by molar-refractivity contribution is 0.0725. The van der Waals surface area contributed by atoms with Crippen molar-refractivity contribution in [3.05, 3.63) is 28.8 Å². The number of nitrogens with zero attached hydrogens (tertiary/aromatic N) is 2. The topological polar surface area (TPSA) is 49.6 Å². The molecule has 2 N–H and O–H groups in total. The summed E-state index contributed by atoms with van der Waals surface area (Å²) in [6, 6.07) is 5.02. The second-order valence-electron chi connectivity index (χ2n) is 5.69. The van der Waals surface area contributed by atoms with Crippen LogP contribution in [0.3, 0.4) is 0 Å². The van der Waals surface area contributed by atoms with Crippen LogP contribution in [-0.4, -0.2) is 49.4 Å². The molecule has 1 aromatic carbocycles. The number of likely N-dealkylation sites (N-methyl/N-ethyl adjacent to an activating group) is 1. The maximum Gasteiger partial charge on any atom is 0.255 e. The van der Waals surface area contributed by atoms with Gasteiger partial charge in [-0.15, -0.1) is 0 Å². The van der Waals surface area contributed by atoms with Gasteiger partial charge in [0.1, 0.15) is 0 Å². The predicted molar refractivity (Wildman–Crippen MR) is 85.2 cm³/mol. The highest BCUT2D eigenvalue weighted by Crippen LogP contribution is 2.21. The summed E-state index contributed by atoms with van der Waals surface area (Å²) in [6.45, 7) is 6.39. The van der Waals surface area contributed by atoms with Gasteiger partial charge >= 0.3 is 0 Å². The third-order valence-electron chi connectivity index (χ3n) is 2.91. The Labute approximate surface area is 126 Å². The minimum absolute atomic E-state index is 0.0575. The molecule has 1 amide bonds. The lowest BCUT2D eigenvalue weighted by Crippen LogP contribution is -2.39. The van der Waals surface area contributed by atoms with E-state index in [1.807, 2.05) is 19.0 Å². The molecule has 112 valence electrons. The van der Waals surface area contributed by atoms with E-state index >= 15 is 0 Å². The van der Waals surface area contributed by atoms with Crippen LogP contribution in [0.4, 0.5) is 5.69 Å². The molecular weight excluding hydrogens is 274 g/mol. The molecule has 0 atom stereocenters. The van der Waals surface area contributed by atoms with Gasteiger partial charge in [-0.05, 0) is 38.2 Å². The Morgan fingerprint density at radius 3 is 2.50 bits per heavy atom. The van der Waals surface area contributed by atoms with Crippen LogP contribution in [0.15, 0.2) is 18.2 Å². The minimum atomic E-state index is -0.0575. The molecule has 20 heavy (non-hydrogen) atoms. The number of hydrogen-bond acceptors (Lipinski definition) is 3. The summed E-state index contributed by atoms with van der Waals surface area (Å²) in [5, 5.41) is 0.447. The van der Waals surface area contributed by atoms with Gasteiger partial charge in [0.2, 0.25) is 0 Å². The lowest BCUT2D eigenvalue weighted by Gasteiger charge is -2.26. The van der Waals surface area contributed by atoms with E-state index in [1.165, 1.54) is 0 Å². The molecule has 0 saturated carbocycles. The number of rotatable bonds is 6. The van der Waals surface area contributed by atoms with Crippen molar-refractivity contribution in [3.8, 4) is 0 Å². The second kappa shape index (κ2) is 7.50. The van der Waals surface area contributed by atoms with Crippen molar-refractivity contribution in [1.82, 2.24) is 9.80 Å². The molecule has 0 unspecified atom stereocenters. The number of hydrogen-bond donors (Lipinski definition) is 1. The van der Waals surface area contributed by atoms with E-state index < -0.39 is 0 Å². The zero-order valence-electron chi connectivity index (χ0n) is 12.7. The number of anilines is 1. The fraction of sp³-hybridized carbons (Fsp3) is 0.533. The first kappa shape index (κ1) is 16.8. The number of amides is 1. The van der Waals surface area contributed by atoms with E-state index in [4.69, 9.17) is 17.3 Å². The van der Waals surface area contributed by atoms with Crippen molar-refractivity contribution in [1.29, 1.82) is 0 Å². The maximum atomic E-state index is 12.6. The van der Waals surface area contributed by atoms with Gasteiger partial charge < -0.3 is 15.5 Å². The van der Waals surface area contributed by atoms with E-state index in [9.17, 15) is 4.79 Å². The summed E-state index contributed by atoms with van der Waals surface area (Å²) in [5.74, 6) is 0.346. The maximum absolute atomic E-state index is 12.6. The normalized spacial score (nSPS) is 11.2. The fourth-order valence-electron chi connectivity index (χ4n) is 1.91. The molecule has 4 nitrogen and oxygen atoms in total. The van der Waals surface area contributed by atoms with Crippen LogP contribution in [0.1, 0.15) is 24.2 Å². The van der Waals surface area contributed by atoms with Crippen LogP contribution in [-0.2, 0) is 0 Å². The number of benzene rings is 1. The fourth-order valence-corrected chi connectivity index (χ4v) is 2.11. The number of carbonyl (C=O) groups is 1. The lowest BCUT2D eigenvalue weighted by atomic mass is 10.1. The molecule has 5 heteroatoms. The summed E-state index contributed by atoms with van der Waals surface area (Å²) in [5.41, 5.74) is 6.78. The third kappa shape index (κ3) is 5.02. The van der Waals surface area contributed by atoms with E-state index in [1.54, 1.807) is 18.2 Å². The molecule has 0 saturated heterocycles. The first-order valence-corrected chi connectivity index (χ1v) is 7.18. The molecule has 0 bridgehead atoms. The molecule has 0 spiro atoms. The van der Waals surface area contributed by atoms with Crippen LogP contribution >= 0.6 is 11.6 Å². The van der Waals surface area contributed by atoms with E-state index in [0.717, 1.165) is 6.54 Å². The summed E-state index contributed by atoms with van der Waals surface area (Å²) in [4.78, 5) is 16.5. The van der Waals surface area contributed by atoms with Gasteiger partial charge in [-0.2, -0.15) is 0 Å². The van der Waals surface area contributed by atoms with Crippen LogP contribution in [0.25, 0.3) is 0 Å². The van der Waals surface area contributed by atoms with Crippen LogP contribution in [0.5, 0.6) is 0 Å². The monoisotopic (exact) mass is 297 g/mol. The van der Waals surface area contributed by atoms with Gasteiger partial charge in [0.25, 0.3) is 5.91 Å². The second-order valence-corrected chi connectivity index (χ2v) is 6.09. The van der Waals surface area contributed by atoms with Gasteiger partial charge in [-0.1, -0.05) is 25.4 Å². The van der Waals surface area contributed by atoms with Crippen molar-refractivity contribution >= 4 is 23.2 Å². The van der Waals surface area contributed by atoms with Crippen LogP contribution < -0.4 is 5.73 Å². The average Bonchev–Trinajstić information content (AvgIpc) is 2.36. The van der Waals surface area contributed by atoms with Gasteiger partial charge in [0, 0.05) is 25.3 Å². The van der Waals surface area contributed by atoms with Crippen molar-refractivity contribution in [2.45, 2.75) is 13.8 Å². The Kier molecular flexibility index (Phi) is 6.30.